The minimum Gasteiger partial charge on any atom is -0.318 e. The standard InChI is InChI=1S/C8H7BrN6O/c1-4-2-5(3-10-6(4)9)11-8(16)7-12-14-15-13-7/h2-3H,1H3,(H,11,16)(H,12,13,14,15). The van der Waals surface area contributed by atoms with Crippen molar-refractivity contribution in [3.8, 4) is 0 Å². The molecule has 0 aliphatic carbocycles. The summed E-state index contributed by atoms with van der Waals surface area (Å²) in [5, 5.41) is 15.2. The Kier molecular flexibility index (Phi) is 2.91. The SMILES string of the molecule is Cc1cc(NC(=O)c2nn[nH]n2)cnc1Br. The van der Waals surface area contributed by atoms with Gasteiger partial charge in [0.15, 0.2) is 0 Å². The zero-order valence-electron chi connectivity index (χ0n) is 8.23. The average Bonchev–Trinajstić information content (AvgIpc) is 2.77. The van der Waals surface area contributed by atoms with Crippen molar-refractivity contribution in [2.45, 2.75) is 6.92 Å². The van der Waals surface area contributed by atoms with Gasteiger partial charge >= 0.3 is 0 Å². The molecule has 0 saturated heterocycles. The number of nitrogens with one attached hydrogen (secondary N) is 2. The van der Waals surface area contributed by atoms with Crippen molar-refractivity contribution in [2.24, 2.45) is 0 Å². The van der Waals surface area contributed by atoms with Gasteiger partial charge in [0.1, 0.15) is 4.60 Å². The van der Waals surface area contributed by atoms with Crippen LogP contribution in [0.15, 0.2) is 16.9 Å². The Balaban J connectivity index is 2.15. The van der Waals surface area contributed by atoms with Gasteiger partial charge in [0.05, 0.1) is 11.9 Å². The Labute approximate surface area is 98.8 Å². The third-order valence-electron chi connectivity index (χ3n) is 1.82. The Hall–Kier alpha value is -1.83. The fraction of sp³-hybridized carbons (Fsp3) is 0.125. The fourth-order valence-corrected chi connectivity index (χ4v) is 1.29. The van der Waals surface area contributed by atoms with E-state index in [0.29, 0.717) is 5.69 Å². The highest BCUT2D eigenvalue weighted by Crippen LogP contribution is 2.16. The quantitative estimate of drug-likeness (QED) is 0.799. The number of amides is 1. The molecule has 1 amide bonds. The maximum Gasteiger partial charge on any atom is 0.297 e. The van der Waals surface area contributed by atoms with Crippen LogP contribution >= 0.6 is 15.9 Å². The molecule has 0 bridgehead atoms. The number of anilines is 1. The summed E-state index contributed by atoms with van der Waals surface area (Å²) in [5.74, 6) is -0.446. The highest BCUT2D eigenvalue weighted by molar-refractivity contribution is 9.10. The normalized spacial score (nSPS) is 10.1. The number of aromatic amines is 1. The molecule has 82 valence electrons. The lowest BCUT2D eigenvalue weighted by Gasteiger charge is -2.03. The van der Waals surface area contributed by atoms with Crippen LogP contribution in [0.4, 0.5) is 5.69 Å². The molecule has 7 nitrogen and oxygen atoms in total. The zero-order chi connectivity index (χ0) is 11.5. The van der Waals surface area contributed by atoms with Gasteiger partial charge in [-0.2, -0.15) is 5.21 Å². The van der Waals surface area contributed by atoms with Gasteiger partial charge in [-0.05, 0) is 39.7 Å². The average molecular weight is 283 g/mol. The predicted octanol–water partition coefficient (Wildman–Crippen LogP) is 0.918. The van der Waals surface area contributed by atoms with Gasteiger partial charge in [-0.1, -0.05) is 0 Å². The van der Waals surface area contributed by atoms with Gasteiger partial charge in [0.2, 0.25) is 0 Å². The van der Waals surface area contributed by atoms with Gasteiger partial charge < -0.3 is 5.32 Å². The molecule has 0 fully saturated rings. The summed E-state index contributed by atoms with van der Waals surface area (Å²) in [4.78, 5) is 15.6. The molecule has 8 heteroatoms. The topological polar surface area (TPSA) is 96.5 Å². The number of carbonyl (C=O) groups is 1. The Morgan fingerprint density at radius 3 is 3.00 bits per heavy atom. The number of aromatic nitrogens is 5. The van der Waals surface area contributed by atoms with Crippen molar-refractivity contribution >= 4 is 27.5 Å². The molecule has 0 radical (unpaired) electrons. The summed E-state index contributed by atoms with van der Waals surface area (Å²) in [5.41, 5.74) is 1.50. The minimum atomic E-state index is -0.433. The number of hydrogen-bond donors (Lipinski definition) is 2. The van der Waals surface area contributed by atoms with Crippen LogP contribution in [0.1, 0.15) is 16.2 Å². The lowest BCUT2D eigenvalue weighted by atomic mass is 10.3. The number of H-pyrrole nitrogens is 1. The number of nitrogens with zero attached hydrogens (tertiary/aromatic N) is 4. The molecule has 0 aliphatic rings. The van der Waals surface area contributed by atoms with Crippen LogP contribution in [-0.2, 0) is 0 Å². The van der Waals surface area contributed by atoms with Gasteiger partial charge in [0.25, 0.3) is 11.7 Å². The number of pyridine rings is 1. The van der Waals surface area contributed by atoms with Crippen molar-refractivity contribution in [1.29, 1.82) is 0 Å². The largest absolute Gasteiger partial charge is 0.318 e. The maximum absolute atomic E-state index is 11.5. The summed E-state index contributed by atoms with van der Waals surface area (Å²) in [6.45, 7) is 1.88. The number of aryl methyl sites for hydroxylation is 1. The van der Waals surface area contributed by atoms with Crippen molar-refractivity contribution in [1.82, 2.24) is 25.6 Å². The molecule has 2 aromatic heterocycles. The molecular weight excluding hydrogens is 276 g/mol. The van der Waals surface area contributed by atoms with E-state index < -0.39 is 5.91 Å². The molecule has 0 atom stereocenters. The van der Waals surface area contributed by atoms with Crippen LogP contribution in [0.3, 0.4) is 0 Å². The van der Waals surface area contributed by atoms with Gasteiger partial charge in [-0.25, -0.2) is 4.98 Å². The Bertz CT molecular complexity index is 511. The Morgan fingerprint density at radius 2 is 2.38 bits per heavy atom. The first-order valence-corrected chi connectivity index (χ1v) is 5.13. The third-order valence-corrected chi connectivity index (χ3v) is 2.65. The molecule has 0 spiro atoms. The third kappa shape index (κ3) is 2.22. The number of rotatable bonds is 2. The molecule has 0 unspecified atom stereocenters. The Morgan fingerprint density at radius 1 is 1.56 bits per heavy atom. The number of hydrogen-bond acceptors (Lipinski definition) is 5. The van der Waals surface area contributed by atoms with Crippen molar-refractivity contribution < 1.29 is 4.79 Å². The van der Waals surface area contributed by atoms with E-state index in [1.165, 1.54) is 6.20 Å². The van der Waals surface area contributed by atoms with Crippen molar-refractivity contribution in [3.63, 3.8) is 0 Å². The molecular formula is C8H7BrN6O. The molecule has 0 saturated carbocycles. The molecule has 16 heavy (non-hydrogen) atoms. The van der Waals surface area contributed by atoms with E-state index in [2.05, 4.69) is 46.9 Å². The van der Waals surface area contributed by atoms with Crippen LogP contribution in [0, 0.1) is 6.92 Å². The van der Waals surface area contributed by atoms with E-state index in [0.717, 1.165) is 10.2 Å². The second-order valence-electron chi connectivity index (χ2n) is 3.02. The number of halogens is 1. The summed E-state index contributed by atoms with van der Waals surface area (Å²) in [7, 11) is 0. The van der Waals surface area contributed by atoms with Crippen LogP contribution < -0.4 is 5.32 Å². The summed E-state index contributed by atoms with van der Waals surface area (Å²) in [6, 6.07) is 1.79. The first-order chi connectivity index (χ1) is 7.66. The molecule has 2 heterocycles. The zero-order valence-corrected chi connectivity index (χ0v) is 9.82. The van der Waals surface area contributed by atoms with Crippen LogP contribution in [0.5, 0.6) is 0 Å². The van der Waals surface area contributed by atoms with Crippen LogP contribution in [-0.4, -0.2) is 31.5 Å². The highest BCUT2D eigenvalue weighted by Gasteiger charge is 2.11. The molecule has 0 aliphatic heterocycles. The van der Waals surface area contributed by atoms with Crippen LogP contribution in [0.2, 0.25) is 0 Å². The van der Waals surface area contributed by atoms with E-state index in [4.69, 9.17) is 0 Å². The molecule has 0 aromatic carbocycles. The monoisotopic (exact) mass is 282 g/mol. The summed E-state index contributed by atoms with van der Waals surface area (Å²) in [6.07, 6.45) is 1.54. The fourth-order valence-electron chi connectivity index (χ4n) is 1.07. The first-order valence-electron chi connectivity index (χ1n) is 4.34. The second-order valence-corrected chi connectivity index (χ2v) is 3.77. The van der Waals surface area contributed by atoms with Crippen LogP contribution in [0.25, 0.3) is 0 Å². The highest BCUT2D eigenvalue weighted by atomic mass is 79.9. The second kappa shape index (κ2) is 4.35. The van der Waals surface area contributed by atoms with E-state index in [9.17, 15) is 4.79 Å². The predicted molar refractivity (Wildman–Crippen MR) is 58.8 cm³/mol. The lowest BCUT2D eigenvalue weighted by Crippen LogP contribution is -2.14. The first kappa shape index (κ1) is 10.7. The summed E-state index contributed by atoms with van der Waals surface area (Å²) < 4.78 is 0.741. The summed E-state index contributed by atoms with van der Waals surface area (Å²) >= 11 is 3.27. The van der Waals surface area contributed by atoms with E-state index in [-0.39, 0.29) is 5.82 Å². The molecule has 2 aromatic rings. The molecule has 2 rings (SSSR count). The van der Waals surface area contributed by atoms with Gasteiger partial charge in [-0.15, -0.1) is 10.2 Å². The smallest absolute Gasteiger partial charge is 0.297 e. The maximum atomic E-state index is 11.5. The number of carbonyl (C=O) groups excluding carboxylic acids is 1. The minimum absolute atomic E-state index is 0.0134. The number of tetrazole rings is 1. The van der Waals surface area contributed by atoms with E-state index in [1.807, 2.05) is 6.92 Å². The molecule has 2 N–H and O–H groups in total. The van der Waals surface area contributed by atoms with Gasteiger partial charge in [0, 0.05) is 0 Å². The van der Waals surface area contributed by atoms with E-state index in [1.54, 1.807) is 6.07 Å². The van der Waals surface area contributed by atoms with Crippen molar-refractivity contribution in [3.05, 3.63) is 28.3 Å². The van der Waals surface area contributed by atoms with Gasteiger partial charge in [-0.3, -0.25) is 4.79 Å². The van der Waals surface area contributed by atoms with E-state index >= 15 is 0 Å². The van der Waals surface area contributed by atoms with Crippen molar-refractivity contribution in [2.75, 3.05) is 5.32 Å². The lowest BCUT2D eigenvalue weighted by molar-refractivity contribution is 0.101.